The Morgan fingerprint density at radius 3 is 2.17 bits per heavy atom. The molecule has 0 N–H and O–H groups in total. The van der Waals surface area contributed by atoms with Crippen molar-refractivity contribution in [3.63, 3.8) is 0 Å². The van der Waals surface area contributed by atoms with Gasteiger partial charge in [0.25, 0.3) is 0 Å². The summed E-state index contributed by atoms with van der Waals surface area (Å²) in [4.78, 5) is 0.805. The van der Waals surface area contributed by atoms with E-state index < -0.39 is 22.1 Å². The Morgan fingerprint density at radius 2 is 1.62 bits per heavy atom. The summed E-state index contributed by atoms with van der Waals surface area (Å²) in [5.74, 6) is 0.974. The number of hydrogen-bond donors (Lipinski definition) is 0. The molecule has 0 aliphatic heterocycles. The maximum Gasteiger partial charge on any atom is 0.203 e. The molecule has 0 bridgehead atoms. The van der Waals surface area contributed by atoms with Crippen LogP contribution in [0.1, 0.15) is 19.4 Å². The summed E-state index contributed by atoms with van der Waals surface area (Å²) in [5, 5.41) is 0. The first-order chi connectivity index (χ1) is 11.5. The van der Waals surface area contributed by atoms with E-state index in [9.17, 15) is 8.42 Å². The van der Waals surface area contributed by atoms with Crippen LogP contribution < -0.4 is 4.18 Å². The van der Waals surface area contributed by atoms with Crippen molar-refractivity contribution in [3.05, 3.63) is 60.2 Å². The normalized spacial score (nSPS) is 13.9. The van der Waals surface area contributed by atoms with Crippen molar-refractivity contribution in [2.45, 2.75) is 25.3 Å². The Bertz CT molecular complexity index is 687. The van der Waals surface area contributed by atoms with Crippen LogP contribution in [0.3, 0.4) is 0 Å². The van der Waals surface area contributed by atoms with E-state index in [1.54, 1.807) is 12.1 Å². The van der Waals surface area contributed by atoms with Crippen LogP contribution in [0.15, 0.2) is 59.5 Å². The second-order valence-corrected chi connectivity index (χ2v) is 8.36. The predicted octanol–water partition coefficient (Wildman–Crippen LogP) is 3.54. The SMILES string of the molecule is CC(C)CN(Cc1ccc(OS(C)=O)cc1)S(=O)c1ccccc1. The minimum Gasteiger partial charge on any atom is -0.401 e. The Balaban J connectivity index is 2.14. The fourth-order valence-electron chi connectivity index (χ4n) is 2.27. The van der Waals surface area contributed by atoms with E-state index in [2.05, 4.69) is 13.8 Å². The largest absolute Gasteiger partial charge is 0.401 e. The van der Waals surface area contributed by atoms with Crippen molar-refractivity contribution in [1.29, 1.82) is 0 Å². The van der Waals surface area contributed by atoms with Crippen LogP contribution in [-0.2, 0) is 28.6 Å². The molecule has 24 heavy (non-hydrogen) atoms. The zero-order valence-corrected chi connectivity index (χ0v) is 15.8. The van der Waals surface area contributed by atoms with Crippen molar-refractivity contribution in [1.82, 2.24) is 4.31 Å². The van der Waals surface area contributed by atoms with Gasteiger partial charge in [-0.25, -0.2) is 12.7 Å². The molecule has 0 aliphatic carbocycles. The topological polar surface area (TPSA) is 46.6 Å². The van der Waals surface area contributed by atoms with Gasteiger partial charge in [-0.1, -0.05) is 44.2 Å². The van der Waals surface area contributed by atoms with Crippen molar-refractivity contribution in [2.24, 2.45) is 5.92 Å². The van der Waals surface area contributed by atoms with Gasteiger partial charge in [0.15, 0.2) is 0 Å². The van der Waals surface area contributed by atoms with Gasteiger partial charge >= 0.3 is 0 Å². The summed E-state index contributed by atoms with van der Waals surface area (Å²) < 4.78 is 31.1. The van der Waals surface area contributed by atoms with Crippen molar-refractivity contribution >= 4 is 22.1 Å². The summed E-state index contributed by atoms with van der Waals surface area (Å²) in [5.41, 5.74) is 1.04. The molecule has 6 heteroatoms. The van der Waals surface area contributed by atoms with E-state index in [1.165, 1.54) is 6.26 Å². The Hall–Kier alpha value is -1.50. The lowest BCUT2D eigenvalue weighted by Gasteiger charge is -2.23. The fraction of sp³-hybridized carbons (Fsp3) is 0.333. The molecule has 2 aromatic carbocycles. The van der Waals surface area contributed by atoms with Gasteiger partial charge in [0.1, 0.15) is 16.7 Å². The standard InChI is InChI=1S/C18H23NO3S2/c1-15(2)13-19(24(21)18-7-5-4-6-8-18)14-16-9-11-17(12-10-16)22-23(3)20/h4-12,15H,13-14H2,1-3H3. The number of nitrogens with zero attached hydrogens (tertiary/aromatic N) is 1. The van der Waals surface area contributed by atoms with Crippen LogP contribution in [0.2, 0.25) is 0 Å². The first-order valence-corrected chi connectivity index (χ1v) is 10.4. The van der Waals surface area contributed by atoms with Gasteiger partial charge in [-0.2, -0.15) is 0 Å². The molecule has 0 amide bonds. The second-order valence-electron chi connectivity index (χ2n) is 5.91. The summed E-state index contributed by atoms with van der Waals surface area (Å²) in [7, 11) is -1.20. The summed E-state index contributed by atoms with van der Waals surface area (Å²) >= 11 is -1.33. The van der Waals surface area contributed by atoms with E-state index in [0.29, 0.717) is 18.2 Å². The van der Waals surface area contributed by atoms with Crippen LogP contribution in [0.25, 0.3) is 0 Å². The molecule has 2 rings (SSSR count). The molecule has 4 nitrogen and oxygen atoms in total. The van der Waals surface area contributed by atoms with E-state index in [1.807, 2.05) is 46.8 Å². The fourth-order valence-corrected chi connectivity index (χ4v) is 4.04. The third kappa shape index (κ3) is 5.85. The third-order valence-corrected chi connectivity index (χ3v) is 5.09. The molecular formula is C18H23NO3S2. The third-order valence-electron chi connectivity index (χ3n) is 3.24. The average Bonchev–Trinajstić information content (AvgIpc) is 2.55. The molecule has 0 aromatic heterocycles. The van der Waals surface area contributed by atoms with Gasteiger partial charge in [0.05, 0.1) is 4.90 Å². The summed E-state index contributed by atoms with van der Waals surface area (Å²) in [6.07, 6.45) is 1.49. The lowest BCUT2D eigenvalue weighted by atomic mass is 10.2. The van der Waals surface area contributed by atoms with Gasteiger partial charge in [-0.05, 0) is 35.7 Å². The highest BCUT2D eigenvalue weighted by molar-refractivity contribution is 7.82. The molecule has 2 atom stereocenters. The van der Waals surface area contributed by atoms with Crippen LogP contribution >= 0.6 is 0 Å². The molecule has 0 heterocycles. The molecule has 0 spiro atoms. The minimum atomic E-state index is -1.33. The monoisotopic (exact) mass is 365 g/mol. The molecule has 0 fully saturated rings. The maximum atomic E-state index is 12.9. The highest BCUT2D eigenvalue weighted by Crippen LogP contribution is 2.18. The zero-order valence-electron chi connectivity index (χ0n) is 14.2. The van der Waals surface area contributed by atoms with E-state index in [0.717, 1.165) is 17.0 Å². The molecule has 2 aromatic rings. The van der Waals surface area contributed by atoms with Crippen LogP contribution in [0, 0.1) is 5.92 Å². The summed E-state index contributed by atoms with van der Waals surface area (Å²) in [6, 6.07) is 16.9. The number of benzene rings is 2. The highest BCUT2D eigenvalue weighted by atomic mass is 32.2. The quantitative estimate of drug-likeness (QED) is 0.719. The summed E-state index contributed by atoms with van der Waals surface area (Å²) in [6.45, 7) is 5.54. The molecule has 0 aliphatic rings. The van der Waals surface area contributed by atoms with Crippen LogP contribution in [0.5, 0.6) is 5.75 Å². The van der Waals surface area contributed by atoms with Crippen LogP contribution in [-0.4, -0.2) is 25.5 Å². The van der Waals surface area contributed by atoms with Gasteiger partial charge in [0.2, 0.25) is 11.1 Å². The molecule has 0 saturated carbocycles. The Morgan fingerprint density at radius 1 is 1.00 bits per heavy atom. The zero-order chi connectivity index (χ0) is 17.5. The van der Waals surface area contributed by atoms with Crippen molar-refractivity contribution < 1.29 is 12.6 Å². The van der Waals surface area contributed by atoms with Gasteiger partial charge in [-0.3, -0.25) is 0 Å². The van der Waals surface area contributed by atoms with Crippen molar-refractivity contribution in [3.8, 4) is 5.75 Å². The Kier molecular flexibility index (Phi) is 7.15. The van der Waals surface area contributed by atoms with E-state index >= 15 is 0 Å². The molecule has 0 saturated heterocycles. The van der Waals surface area contributed by atoms with Gasteiger partial charge in [-0.15, -0.1) is 0 Å². The lowest BCUT2D eigenvalue weighted by Crippen LogP contribution is -2.29. The van der Waals surface area contributed by atoms with E-state index in [4.69, 9.17) is 4.18 Å². The molecular weight excluding hydrogens is 342 g/mol. The number of hydrogen-bond acceptors (Lipinski definition) is 3. The number of rotatable bonds is 8. The maximum absolute atomic E-state index is 12.9. The minimum absolute atomic E-state index is 0.405. The molecule has 130 valence electrons. The predicted molar refractivity (Wildman–Crippen MR) is 99.2 cm³/mol. The van der Waals surface area contributed by atoms with Gasteiger partial charge < -0.3 is 4.18 Å². The average molecular weight is 366 g/mol. The molecule has 2 unspecified atom stereocenters. The van der Waals surface area contributed by atoms with E-state index in [-0.39, 0.29) is 0 Å². The van der Waals surface area contributed by atoms with Crippen molar-refractivity contribution in [2.75, 3.05) is 12.8 Å². The van der Waals surface area contributed by atoms with Crippen LogP contribution in [0.4, 0.5) is 0 Å². The Labute approximate surface area is 149 Å². The molecule has 0 radical (unpaired) electrons. The highest BCUT2D eigenvalue weighted by Gasteiger charge is 2.17. The van der Waals surface area contributed by atoms with Gasteiger partial charge in [0, 0.05) is 19.3 Å². The second kappa shape index (κ2) is 9.11. The lowest BCUT2D eigenvalue weighted by molar-refractivity contribution is 0.384. The first-order valence-electron chi connectivity index (χ1n) is 7.78. The smallest absolute Gasteiger partial charge is 0.203 e. The first kappa shape index (κ1) is 18.8.